The number of rotatable bonds is 2. The molecule has 2 heterocycles. The van der Waals surface area contributed by atoms with Gasteiger partial charge in [0.2, 0.25) is 0 Å². The number of aromatic amines is 1. The summed E-state index contributed by atoms with van der Waals surface area (Å²) in [4.78, 5) is 17.5. The van der Waals surface area contributed by atoms with Crippen LogP contribution in [0.15, 0.2) is 29.2 Å². The number of fused-ring (bicyclic) bond motifs is 1. The number of aromatic hydroxyl groups is 1. The first kappa shape index (κ1) is 16.2. The molecule has 0 radical (unpaired) electrons. The van der Waals surface area contributed by atoms with Crippen molar-refractivity contribution in [3.8, 4) is 16.9 Å². The Bertz CT molecular complexity index is 1000. The highest BCUT2D eigenvalue weighted by Crippen LogP contribution is 2.36. The molecule has 1 saturated carbocycles. The molecule has 0 aliphatic heterocycles. The van der Waals surface area contributed by atoms with Crippen LogP contribution in [0, 0.1) is 6.92 Å². The van der Waals surface area contributed by atoms with E-state index in [4.69, 9.17) is 11.6 Å². The zero-order chi connectivity index (χ0) is 17.6. The molecule has 25 heavy (non-hydrogen) atoms. The molecule has 1 fully saturated rings. The standard InChI is InChI=1S/C19H20ClN3O2/c1-11-17(12-5-3-2-4-6-12)18-21-10-15(19(25)23(18)22-11)14-8-7-13(20)9-16(14)24/h7-10,12,22,24H,2-6H2,1H3. The van der Waals surface area contributed by atoms with Crippen LogP contribution in [0.3, 0.4) is 0 Å². The minimum atomic E-state index is -0.215. The summed E-state index contributed by atoms with van der Waals surface area (Å²) in [5.41, 5.74) is 3.42. The monoisotopic (exact) mass is 357 g/mol. The summed E-state index contributed by atoms with van der Waals surface area (Å²) in [6.07, 6.45) is 7.57. The van der Waals surface area contributed by atoms with Crippen LogP contribution in [0.5, 0.6) is 5.75 Å². The maximum atomic E-state index is 13.0. The van der Waals surface area contributed by atoms with Crippen LogP contribution >= 0.6 is 11.6 Å². The fourth-order valence-corrected chi connectivity index (χ4v) is 4.11. The van der Waals surface area contributed by atoms with E-state index in [1.165, 1.54) is 29.8 Å². The van der Waals surface area contributed by atoms with Crippen molar-refractivity contribution in [2.75, 3.05) is 0 Å². The van der Waals surface area contributed by atoms with Crippen molar-refractivity contribution in [3.05, 3.63) is 51.0 Å². The number of nitrogens with zero attached hydrogens (tertiary/aromatic N) is 2. The van der Waals surface area contributed by atoms with Crippen molar-refractivity contribution >= 4 is 17.2 Å². The Morgan fingerprint density at radius 3 is 2.72 bits per heavy atom. The Morgan fingerprint density at radius 2 is 2.00 bits per heavy atom. The number of H-pyrrole nitrogens is 1. The Labute approximate surface area is 150 Å². The SMILES string of the molecule is Cc1[nH]n2c(=O)c(-c3ccc(Cl)cc3O)cnc2c1C1CCCCC1. The van der Waals surface area contributed by atoms with E-state index in [2.05, 4.69) is 10.1 Å². The van der Waals surface area contributed by atoms with Crippen LogP contribution in [0.25, 0.3) is 16.8 Å². The third kappa shape index (κ3) is 2.72. The van der Waals surface area contributed by atoms with Crippen molar-refractivity contribution in [3.63, 3.8) is 0 Å². The highest BCUT2D eigenvalue weighted by molar-refractivity contribution is 6.30. The summed E-state index contributed by atoms with van der Waals surface area (Å²) in [5, 5.41) is 13.7. The summed E-state index contributed by atoms with van der Waals surface area (Å²) < 4.78 is 1.50. The van der Waals surface area contributed by atoms with Gasteiger partial charge in [0.05, 0.1) is 5.56 Å². The van der Waals surface area contributed by atoms with Crippen molar-refractivity contribution in [1.82, 2.24) is 14.6 Å². The molecule has 0 unspecified atom stereocenters. The van der Waals surface area contributed by atoms with E-state index in [9.17, 15) is 9.90 Å². The van der Waals surface area contributed by atoms with Gasteiger partial charge in [-0.1, -0.05) is 30.9 Å². The van der Waals surface area contributed by atoms with Crippen LogP contribution in [0.2, 0.25) is 5.02 Å². The van der Waals surface area contributed by atoms with Gasteiger partial charge in [-0.25, -0.2) is 9.50 Å². The minimum Gasteiger partial charge on any atom is -0.507 e. The third-order valence-electron chi connectivity index (χ3n) is 5.15. The van der Waals surface area contributed by atoms with Crippen molar-refractivity contribution in [2.45, 2.75) is 44.9 Å². The van der Waals surface area contributed by atoms with Crippen LogP contribution in [-0.2, 0) is 0 Å². The first-order chi connectivity index (χ1) is 12.1. The van der Waals surface area contributed by atoms with Crippen LogP contribution in [0.4, 0.5) is 0 Å². The number of nitrogens with one attached hydrogen (secondary N) is 1. The Morgan fingerprint density at radius 1 is 1.24 bits per heavy atom. The van der Waals surface area contributed by atoms with Gasteiger partial charge in [0, 0.05) is 28.0 Å². The predicted octanol–water partition coefficient (Wildman–Crippen LogP) is 4.40. The molecule has 2 N–H and O–H groups in total. The zero-order valence-corrected chi connectivity index (χ0v) is 14.8. The van der Waals surface area contributed by atoms with Gasteiger partial charge >= 0.3 is 0 Å². The highest BCUT2D eigenvalue weighted by atomic mass is 35.5. The fraction of sp³-hybridized carbons (Fsp3) is 0.368. The van der Waals surface area contributed by atoms with E-state index >= 15 is 0 Å². The molecule has 0 atom stereocenters. The molecule has 3 aromatic rings. The smallest absolute Gasteiger partial charge is 0.280 e. The second-order valence-corrected chi connectivity index (χ2v) is 7.22. The van der Waals surface area contributed by atoms with Gasteiger partial charge in [0.15, 0.2) is 5.65 Å². The average molecular weight is 358 g/mol. The fourth-order valence-electron chi connectivity index (χ4n) is 3.94. The molecule has 130 valence electrons. The Hall–Kier alpha value is -2.27. The maximum Gasteiger partial charge on any atom is 0.280 e. The molecule has 0 spiro atoms. The number of halogens is 1. The lowest BCUT2D eigenvalue weighted by molar-refractivity contribution is 0.444. The first-order valence-electron chi connectivity index (χ1n) is 8.65. The predicted molar refractivity (Wildman–Crippen MR) is 98.5 cm³/mol. The van der Waals surface area contributed by atoms with Crippen LogP contribution in [-0.4, -0.2) is 19.7 Å². The molecular formula is C19H20ClN3O2. The van der Waals surface area contributed by atoms with E-state index in [-0.39, 0.29) is 11.3 Å². The zero-order valence-electron chi connectivity index (χ0n) is 14.1. The summed E-state index contributed by atoms with van der Waals surface area (Å²) >= 11 is 5.88. The normalized spacial score (nSPS) is 15.8. The number of aryl methyl sites for hydroxylation is 1. The number of phenolic OH excluding ortho intramolecular Hbond substituents is 1. The highest BCUT2D eigenvalue weighted by Gasteiger charge is 2.24. The Balaban J connectivity index is 1.88. The van der Waals surface area contributed by atoms with Gasteiger partial charge in [0.25, 0.3) is 5.56 Å². The van der Waals surface area contributed by atoms with Gasteiger partial charge in [0.1, 0.15) is 5.75 Å². The molecule has 0 bridgehead atoms. The van der Waals surface area contributed by atoms with Crippen LogP contribution < -0.4 is 5.56 Å². The lowest BCUT2D eigenvalue weighted by Gasteiger charge is -2.21. The molecule has 6 heteroatoms. The molecule has 1 aliphatic rings. The van der Waals surface area contributed by atoms with E-state index in [1.54, 1.807) is 18.3 Å². The van der Waals surface area contributed by atoms with Crippen molar-refractivity contribution in [1.29, 1.82) is 0 Å². The maximum absolute atomic E-state index is 13.0. The quantitative estimate of drug-likeness (QED) is 0.713. The van der Waals surface area contributed by atoms with Crippen molar-refractivity contribution in [2.24, 2.45) is 0 Å². The second kappa shape index (κ2) is 6.23. The number of aromatic nitrogens is 3. The summed E-state index contributed by atoms with van der Waals surface area (Å²) in [6.45, 7) is 2.00. The van der Waals surface area contributed by atoms with Gasteiger partial charge in [-0.05, 0) is 43.9 Å². The van der Waals surface area contributed by atoms with Gasteiger partial charge in [-0.3, -0.25) is 9.89 Å². The minimum absolute atomic E-state index is 0.0258. The van der Waals surface area contributed by atoms with Gasteiger partial charge in [-0.2, -0.15) is 0 Å². The number of benzene rings is 1. The third-order valence-corrected chi connectivity index (χ3v) is 5.38. The number of hydrogen-bond donors (Lipinski definition) is 2. The largest absolute Gasteiger partial charge is 0.507 e. The molecular weight excluding hydrogens is 338 g/mol. The van der Waals surface area contributed by atoms with Crippen molar-refractivity contribution < 1.29 is 5.11 Å². The lowest BCUT2D eigenvalue weighted by atomic mass is 9.84. The summed E-state index contributed by atoms with van der Waals surface area (Å²) in [5.74, 6) is 0.429. The van der Waals surface area contributed by atoms with E-state index in [0.29, 0.717) is 27.7 Å². The second-order valence-electron chi connectivity index (χ2n) is 6.78. The Kier molecular flexibility index (Phi) is 4.04. The van der Waals surface area contributed by atoms with E-state index in [0.717, 1.165) is 24.1 Å². The number of hydrogen-bond acceptors (Lipinski definition) is 3. The average Bonchev–Trinajstić information content (AvgIpc) is 2.94. The van der Waals surface area contributed by atoms with Gasteiger partial charge < -0.3 is 5.11 Å². The summed E-state index contributed by atoms with van der Waals surface area (Å²) in [6, 6.07) is 4.72. The molecule has 1 aromatic carbocycles. The number of phenols is 1. The van der Waals surface area contributed by atoms with E-state index in [1.807, 2.05) is 6.92 Å². The molecule has 2 aromatic heterocycles. The van der Waals surface area contributed by atoms with Crippen LogP contribution in [0.1, 0.15) is 49.3 Å². The van der Waals surface area contributed by atoms with Gasteiger partial charge in [-0.15, -0.1) is 0 Å². The topological polar surface area (TPSA) is 70.4 Å². The first-order valence-corrected chi connectivity index (χ1v) is 9.03. The summed E-state index contributed by atoms with van der Waals surface area (Å²) in [7, 11) is 0. The molecule has 5 nitrogen and oxygen atoms in total. The lowest BCUT2D eigenvalue weighted by Crippen LogP contribution is -2.17. The molecule has 0 amide bonds. The van der Waals surface area contributed by atoms with E-state index < -0.39 is 0 Å². The molecule has 4 rings (SSSR count). The molecule has 0 saturated heterocycles. The molecule has 1 aliphatic carbocycles.